The number of methoxy groups -OCH3 is 1. The van der Waals surface area contributed by atoms with E-state index >= 15 is 0 Å². The summed E-state index contributed by atoms with van der Waals surface area (Å²) >= 11 is 1.36. The molecule has 2 N–H and O–H groups in total. The molecular weight excluding hydrogens is 436 g/mol. The number of benzene rings is 1. The van der Waals surface area contributed by atoms with E-state index in [1.54, 1.807) is 21.2 Å². The average molecular weight is 470 g/mol. The number of amides is 2. The van der Waals surface area contributed by atoms with Gasteiger partial charge >= 0.3 is 18.0 Å². The SMILES string of the molecule is COc1ccc(CCCC(=O)NCCSC(CC(=O)O)C[N+](C)(C)C(=O)OC(C)=O)cc1. The summed E-state index contributed by atoms with van der Waals surface area (Å²) in [7, 11) is 4.74. The number of carboxylic acids is 1. The molecule has 0 aliphatic heterocycles. The Morgan fingerprint density at radius 3 is 2.38 bits per heavy atom. The lowest BCUT2D eigenvalue weighted by Gasteiger charge is -2.28. The summed E-state index contributed by atoms with van der Waals surface area (Å²) in [4.78, 5) is 46.3. The number of hydrogen-bond donors (Lipinski definition) is 2. The molecule has 10 heteroatoms. The quantitative estimate of drug-likeness (QED) is 0.196. The molecular formula is C22H33N2O7S+. The van der Waals surface area contributed by atoms with Crippen molar-refractivity contribution < 1.29 is 38.2 Å². The molecule has 0 fully saturated rings. The third-order valence-corrected chi connectivity index (χ3v) is 5.82. The van der Waals surface area contributed by atoms with Crippen LogP contribution in [-0.4, -0.2) is 78.8 Å². The summed E-state index contributed by atoms with van der Waals surface area (Å²) in [6.07, 6.45) is 1.03. The number of thioether (sulfide) groups is 1. The summed E-state index contributed by atoms with van der Waals surface area (Å²) < 4.78 is 9.48. The molecule has 1 aromatic rings. The highest BCUT2D eigenvalue weighted by molar-refractivity contribution is 7.99. The zero-order valence-electron chi connectivity index (χ0n) is 19.1. The van der Waals surface area contributed by atoms with Gasteiger partial charge in [-0.3, -0.25) is 14.4 Å². The molecule has 1 aromatic carbocycles. The van der Waals surface area contributed by atoms with Crippen molar-refractivity contribution in [2.24, 2.45) is 0 Å². The van der Waals surface area contributed by atoms with Crippen molar-refractivity contribution in [3.8, 4) is 5.75 Å². The monoisotopic (exact) mass is 469 g/mol. The van der Waals surface area contributed by atoms with Gasteiger partial charge in [0.05, 0.1) is 32.9 Å². The maximum atomic E-state index is 12.1. The fraction of sp³-hybridized carbons (Fsp3) is 0.545. The lowest BCUT2D eigenvalue weighted by molar-refractivity contribution is -0.815. The van der Waals surface area contributed by atoms with Crippen LogP contribution in [0.4, 0.5) is 4.79 Å². The van der Waals surface area contributed by atoms with Crippen LogP contribution in [0.25, 0.3) is 0 Å². The molecule has 0 saturated heterocycles. The van der Waals surface area contributed by atoms with E-state index in [4.69, 9.17) is 9.84 Å². The van der Waals surface area contributed by atoms with Gasteiger partial charge in [0.1, 0.15) is 12.3 Å². The van der Waals surface area contributed by atoms with E-state index in [9.17, 15) is 19.2 Å². The minimum absolute atomic E-state index is 0.0601. The first-order valence-corrected chi connectivity index (χ1v) is 11.4. The largest absolute Gasteiger partial charge is 0.523 e. The molecule has 2 amide bonds. The summed E-state index contributed by atoms with van der Waals surface area (Å²) in [5.74, 6) is -0.453. The molecule has 1 unspecified atom stereocenters. The van der Waals surface area contributed by atoms with Gasteiger partial charge in [0.25, 0.3) is 0 Å². The van der Waals surface area contributed by atoms with Gasteiger partial charge in [-0.1, -0.05) is 12.1 Å². The second-order valence-electron chi connectivity index (χ2n) is 7.87. The first-order valence-electron chi connectivity index (χ1n) is 10.3. The van der Waals surface area contributed by atoms with E-state index in [1.807, 2.05) is 24.3 Å². The van der Waals surface area contributed by atoms with Crippen LogP contribution < -0.4 is 10.1 Å². The Bertz CT molecular complexity index is 781. The number of carbonyl (C=O) groups excluding carboxylic acids is 3. The topological polar surface area (TPSA) is 119 Å². The maximum absolute atomic E-state index is 12.1. The number of aliphatic carboxylic acids is 1. The minimum atomic E-state index is -0.981. The van der Waals surface area contributed by atoms with Crippen molar-refractivity contribution in [3.05, 3.63) is 29.8 Å². The lowest BCUT2D eigenvalue weighted by atomic mass is 10.1. The predicted octanol–water partition coefficient (Wildman–Crippen LogP) is 2.47. The summed E-state index contributed by atoms with van der Waals surface area (Å²) in [5, 5.41) is 11.6. The zero-order chi connectivity index (χ0) is 24.1. The van der Waals surface area contributed by atoms with Gasteiger partial charge in [-0.15, -0.1) is 0 Å². The molecule has 0 spiro atoms. The van der Waals surface area contributed by atoms with Gasteiger partial charge in [0.2, 0.25) is 5.91 Å². The zero-order valence-corrected chi connectivity index (χ0v) is 19.9. The van der Waals surface area contributed by atoms with E-state index < -0.39 is 18.0 Å². The van der Waals surface area contributed by atoms with E-state index in [2.05, 4.69) is 10.1 Å². The van der Waals surface area contributed by atoms with E-state index in [0.29, 0.717) is 18.7 Å². The third kappa shape index (κ3) is 11.1. The molecule has 0 aliphatic carbocycles. The number of rotatable bonds is 13. The predicted molar refractivity (Wildman–Crippen MR) is 122 cm³/mol. The number of ether oxygens (including phenoxy) is 2. The standard InChI is InChI=1S/C22H32N2O7S/c1-16(25)31-22(29)24(2,3)15-19(14-21(27)28)32-13-12-23-20(26)7-5-6-17-8-10-18(30-4)11-9-17/h8-11,19H,5-7,12-15H2,1-4H3,(H-,23,26,27,28)/p+1. The van der Waals surface area contributed by atoms with Crippen LogP contribution in [0.5, 0.6) is 5.75 Å². The van der Waals surface area contributed by atoms with E-state index in [1.165, 1.54) is 11.8 Å². The highest BCUT2D eigenvalue weighted by atomic mass is 32.2. The minimum Gasteiger partial charge on any atom is -0.497 e. The fourth-order valence-electron chi connectivity index (χ4n) is 2.95. The third-order valence-electron chi connectivity index (χ3n) is 4.59. The van der Waals surface area contributed by atoms with Gasteiger partial charge in [0, 0.05) is 25.6 Å². The van der Waals surface area contributed by atoms with E-state index in [-0.39, 0.29) is 28.6 Å². The molecule has 0 radical (unpaired) electrons. The summed E-state index contributed by atoms with van der Waals surface area (Å²) in [6.45, 7) is 1.72. The molecule has 0 heterocycles. The number of carbonyl (C=O) groups is 4. The number of aryl methyl sites for hydroxylation is 1. The van der Waals surface area contributed by atoms with Crippen LogP contribution in [0.1, 0.15) is 31.7 Å². The van der Waals surface area contributed by atoms with Gasteiger partial charge in [-0.25, -0.2) is 4.48 Å². The molecule has 1 rings (SSSR count). The molecule has 32 heavy (non-hydrogen) atoms. The highest BCUT2D eigenvalue weighted by Gasteiger charge is 2.34. The van der Waals surface area contributed by atoms with Gasteiger partial charge in [-0.2, -0.15) is 16.6 Å². The lowest BCUT2D eigenvalue weighted by Crippen LogP contribution is -2.50. The molecule has 0 aromatic heterocycles. The Balaban J connectivity index is 2.37. The number of hydrogen-bond acceptors (Lipinski definition) is 7. The highest BCUT2D eigenvalue weighted by Crippen LogP contribution is 2.19. The van der Waals surface area contributed by atoms with Crippen molar-refractivity contribution in [1.82, 2.24) is 5.32 Å². The first-order chi connectivity index (χ1) is 15.0. The summed E-state index contributed by atoms with van der Waals surface area (Å²) in [5.41, 5.74) is 1.13. The van der Waals surface area contributed by atoms with Crippen molar-refractivity contribution in [2.45, 2.75) is 37.9 Å². The Hall–Kier alpha value is -2.59. The van der Waals surface area contributed by atoms with Gasteiger partial charge < -0.3 is 19.9 Å². The molecule has 0 aliphatic rings. The molecule has 9 nitrogen and oxygen atoms in total. The van der Waals surface area contributed by atoms with Crippen molar-refractivity contribution >= 4 is 35.7 Å². The smallest absolute Gasteiger partial charge is 0.497 e. The van der Waals surface area contributed by atoms with Crippen molar-refractivity contribution in [2.75, 3.05) is 40.0 Å². The van der Waals surface area contributed by atoms with Crippen molar-refractivity contribution in [3.63, 3.8) is 0 Å². The normalized spacial score (nSPS) is 12.0. The summed E-state index contributed by atoms with van der Waals surface area (Å²) in [6, 6.07) is 7.73. The van der Waals surface area contributed by atoms with Crippen LogP contribution in [0.2, 0.25) is 0 Å². The van der Waals surface area contributed by atoms with E-state index in [0.717, 1.165) is 31.1 Å². The fourth-order valence-corrected chi connectivity index (χ4v) is 4.24. The first kappa shape index (κ1) is 27.4. The van der Waals surface area contributed by atoms with Crippen LogP contribution in [0, 0.1) is 0 Å². The van der Waals surface area contributed by atoms with Crippen LogP contribution in [0.3, 0.4) is 0 Å². The van der Waals surface area contributed by atoms with Gasteiger partial charge in [-0.05, 0) is 30.5 Å². The Morgan fingerprint density at radius 1 is 1.16 bits per heavy atom. The molecule has 0 bridgehead atoms. The van der Waals surface area contributed by atoms with Crippen LogP contribution >= 0.6 is 11.8 Å². The molecule has 178 valence electrons. The van der Waals surface area contributed by atoms with Crippen LogP contribution in [-0.2, 0) is 25.5 Å². The maximum Gasteiger partial charge on any atom is 0.523 e. The number of esters is 1. The number of nitrogens with zero attached hydrogens (tertiary/aromatic N) is 1. The Kier molecular flexibility index (Phi) is 11.8. The Morgan fingerprint density at radius 2 is 1.81 bits per heavy atom. The van der Waals surface area contributed by atoms with Crippen LogP contribution in [0.15, 0.2) is 24.3 Å². The molecule has 1 atom stereocenters. The van der Waals surface area contributed by atoms with Crippen molar-refractivity contribution in [1.29, 1.82) is 0 Å². The second kappa shape index (κ2) is 13.7. The number of carboxylic acid groups (broad SMARTS) is 1. The number of nitrogens with one attached hydrogen (secondary N) is 1. The molecule has 0 saturated carbocycles. The van der Waals surface area contributed by atoms with Gasteiger partial charge in [0.15, 0.2) is 0 Å². The average Bonchev–Trinajstić information content (AvgIpc) is 2.70. The number of quaternary nitrogens is 1. The second-order valence-corrected chi connectivity index (χ2v) is 9.28. The Labute approximate surface area is 193 Å².